The second-order valence-electron chi connectivity index (χ2n) is 4.43. The summed E-state index contributed by atoms with van der Waals surface area (Å²) in [5, 5.41) is 6.13. The van der Waals surface area contributed by atoms with Gasteiger partial charge in [0.2, 0.25) is 0 Å². The zero-order valence-corrected chi connectivity index (χ0v) is 12.1. The lowest BCUT2D eigenvalue weighted by atomic mass is 10.0. The molecule has 0 saturated heterocycles. The summed E-state index contributed by atoms with van der Waals surface area (Å²) < 4.78 is 2.06. The van der Waals surface area contributed by atoms with Gasteiger partial charge in [-0.1, -0.05) is 23.7 Å². The average Bonchev–Trinajstić information content (AvgIpc) is 2.96. The summed E-state index contributed by atoms with van der Waals surface area (Å²) in [7, 11) is 1.96. The molecule has 19 heavy (non-hydrogen) atoms. The molecule has 2 heterocycles. The topological polar surface area (TPSA) is 29.3 Å². The fourth-order valence-corrected chi connectivity index (χ4v) is 3.11. The van der Waals surface area contributed by atoms with Gasteiger partial charge in [-0.05, 0) is 24.7 Å². The Balaban J connectivity index is 1.85. The molecular formula is C14H14ClN3S. The number of hydrogen-bond acceptors (Lipinski definition) is 3. The van der Waals surface area contributed by atoms with Crippen molar-refractivity contribution in [1.82, 2.24) is 14.7 Å². The van der Waals surface area contributed by atoms with Gasteiger partial charge in [0.25, 0.3) is 0 Å². The van der Waals surface area contributed by atoms with Gasteiger partial charge < -0.3 is 5.32 Å². The number of imidazole rings is 1. The second-order valence-corrected chi connectivity index (χ2v) is 5.73. The Bertz CT molecular complexity index is 660. The third kappa shape index (κ3) is 2.66. The molecule has 0 amide bonds. The van der Waals surface area contributed by atoms with Gasteiger partial charge in [0.1, 0.15) is 0 Å². The third-order valence-electron chi connectivity index (χ3n) is 3.16. The second kappa shape index (κ2) is 5.33. The van der Waals surface area contributed by atoms with E-state index < -0.39 is 0 Å². The molecule has 1 unspecified atom stereocenters. The van der Waals surface area contributed by atoms with Gasteiger partial charge >= 0.3 is 0 Å². The molecule has 0 aliphatic carbocycles. The standard InChI is InChI=1S/C14H14ClN3S/c1-16-13(10-3-2-4-11(15)7-10)8-12-9-18-5-6-19-14(18)17-12/h2-7,9,13,16H,8H2,1H3. The smallest absolute Gasteiger partial charge is 0.193 e. The van der Waals surface area contributed by atoms with E-state index in [2.05, 4.69) is 27.0 Å². The van der Waals surface area contributed by atoms with Crippen molar-refractivity contribution in [3.05, 3.63) is 58.3 Å². The zero-order valence-electron chi connectivity index (χ0n) is 10.5. The van der Waals surface area contributed by atoms with Gasteiger partial charge in [0, 0.05) is 35.3 Å². The highest BCUT2D eigenvalue weighted by Gasteiger charge is 2.13. The molecule has 0 aliphatic rings. The highest BCUT2D eigenvalue weighted by atomic mass is 35.5. The number of rotatable bonds is 4. The average molecular weight is 292 g/mol. The van der Waals surface area contributed by atoms with Crippen molar-refractivity contribution in [2.75, 3.05) is 7.05 Å². The Morgan fingerprint density at radius 2 is 2.37 bits per heavy atom. The lowest BCUT2D eigenvalue weighted by molar-refractivity contribution is 0.586. The van der Waals surface area contributed by atoms with Crippen molar-refractivity contribution in [2.24, 2.45) is 0 Å². The number of benzene rings is 1. The molecule has 1 atom stereocenters. The number of aromatic nitrogens is 2. The van der Waals surface area contributed by atoms with E-state index in [-0.39, 0.29) is 6.04 Å². The van der Waals surface area contributed by atoms with Gasteiger partial charge in [-0.2, -0.15) is 0 Å². The Kier molecular flexibility index (Phi) is 3.55. The maximum atomic E-state index is 6.05. The normalized spacial score (nSPS) is 12.9. The van der Waals surface area contributed by atoms with Crippen molar-refractivity contribution in [3.8, 4) is 0 Å². The Hall–Kier alpha value is -1.36. The molecular weight excluding hydrogens is 278 g/mol. The van der Waals surface area contributed by atoms with Gasteiger partial charge in [0.15, 0.2) is 4.96 Å². The zero-order chi connectivity index (χ0) is 13.2. The van der Waals surface area contributed by atoms with Gasteiger partial charge in [-0.25, -0.2) is 4.98 Å². The van der Waals surface area contributed by atoms with Crippen molar-refractivity contribution in [3.63, 3.8) is 0 Å². The molecule has 1 N–H and O–H groups in total. The van der Waals surface area contributed by atoms with Crippen LogP contribution in [0.15, 0.2) is 42.0 Å². The molecule has 3 nitrogen and oxygen atoms in total. The molecule has 0 radical (unpaired) electrons. The van der Waals surface area contributed by atoms with E-state index >= 15 is 0 Å². The lowest BCUT2D eigenvalue weighted by Gasteiger charge is -2.15. The minimum Gasteiger partial charge on any atom is -0.313 e. The molecule has 0 saturated carbocycles. The van der Waals surface area contributed by atoms with Crippen LogP contribution in [0.5, 0.6) is 0 Å². The van der Waals surface area contributed by atoms with Crippen molar-refractivity contribution in [2.45, 2.75) is 12.5 Å². The number of nitrogens with one attached hydrogen (secondary N) is 1. The van der Waals surface area contributed by atoms with Crippen molar-refractivity contribution < 1.29 is 0 Å². The van der Waals surface area contributed by atoms with Crippen molar-refractivity contribution in [1.29, 1.82) is 0 Å². The lowest BCUT2D eigenvalue weighted by Crippen LogP contribution is -2.18. The maximum absolute atomic E-state index is 6.05. The van der Waals surface area contributed by atoms with Crippen LogP contribution in [-0.2, 0) is 6.42 Å². The summed E-state index contributed by atoms with van der Waals surface area (Å²) in [5.74, 6) is 0. The van der Waals surface area contributed by atoms with Crippen LogP contribution in [0.2, 0.25) is 5.02 Å². The van der Waals surface area contributed by atoms with E-state index in [1.54, 1.807) is 11.3 Å². The van der Waals surface area contributed by atoms with E-state index in [0.29, 0.717) is 0 Å². The van der Waals surface area contributed by atoms with Crippen molar-refractivity contribution >= 4 is 27.9 Å². The van der Waals surface area contributed by atoms with E-state index in [1.807, 2.05) is 36.8 Å². The fraction of sp³-hybridized carbons (Fsp3) is 0.214. The molecule has 1 aromatic carbocycles. The van der Waals surface area contributed by atoms with Gasteiger partial charge in [0.05, 0.1) is 5.69 Å². The van der Waals surface area contributed by atoms with E-state index in [4.69, 9.17) is 11.6 Å². The minimum absolute atomic E-state index is 0.225. The number of likely N-dealkylation sites (N-methyl/N-ethyl adjacent to an activating group) is 1. The first-order chi connectivity index (χ1) is 9.26. The number of hydrogen-bond donors (Lipinski definition) is 1. The molecule has 0 fully saturated rings. The summed E-state index contributed by atoms with van der Waals surface area (Å²) >= 11 is 7.70. The summed E-state index contributed by atoms with van der Waals surface area (Å²) in [6.45, 7) is 0. The van der Waals surface area contributed by atoms with Gasteiger partial charge in [-0.3, -0.25) is 4.40 Å². The number of halogens is 1. The first-order valence-corrected chi connectivity index (χ1v) is 7.36. The van der Waals surface area contributed by atoms with Crippen LogP contribution < -0.4 is 5.32 Å². The van der Waals surface area contributed by atoms with E-state index in [0.717, 1.165) is 22.1 Å². The van der Waals surface area contributed by atoms with Crippen LogP contribution in [0.1, 0.15) is 17.3 Å². The Morgan fingerprint density at radius 1 is 1.47 bits per heavy atom. The number of nitrogens with zero attached hydrogens (tertiary/aromatic N) is 2. The van der Waals surface area contributed by atoms with Crippen LogP contribution in [0.4, 0.5) is 0 Å². The first kappa shape index (κ1) is 12.7. The Labute approximate surface area is 120 Å². The van der Waals surface area contributed by atoms with Crippen LogP contribution in [0.25, 0.3) is 4.96 Å². The summed E-state index contributed by atoms with van der Waals surface area (Å²) in [4.78, 5) is 5.65. The third-order valence-corrected chi connectivity index (χ3v) is 4.16. The quantitative estimate of drug-likeness (QED) is 0.796. The van der Waals surface area contributed by atoms with E-state index in [9.17, 15) is 0 Å². The molecule has 5 heteroatoms. The molecule has 98 valence electrons. The molecule has 0 aliphatic heterocycles. The van der Waals surface area contributed by atoms with Crippen LogP contribution in [-0.4, -0.2) is 16.4 Å². The number of fused-ring (bicyclic) bond motifs is 1. The predicted molar refractivity (Wildman–Crippen MR) is 80.0 cm³/mol. The summed E-state index contributed by atoms with van der Waals surface area (Å²) in [5.41, 5.74) is 2.28. The SMILES string of the molecule is CNC(Cc1cn2ccsc2n1)c1cccc(Cl)c1. The first-order valence-electron chi connectivity index (χ1n) is 6.10. The highest BCUT2D eigenvalue weighted by molar-refractivity contribution is 7.15. The summed E-state index contributed by atoms with van der Waals surface area (Å²) in [6.07, 6.45) is 4.97. The monoisotopic (exact) mass is 291 g/mol. The maximum Gasteiger partial charge on any atom is 0.193 e. The highest BCUT2D eigenvalue weighted by Crippen LogP contribution is 2.22. The predicted octanol–water partition coefficient (Wildman–Crippen LogP) is 3.55. The fourth-order valence-electron chi connectivity index (χ4n) is 2.19. The largest absolute Gasteiger partial charge is 0.313 e. The van der Waals surface area contributed by atoms with Crippen LogP contribution in [0, 0.1) is 0 Å². The molecule has 2 aromatic heterocycles. The minimum atomic E-state index is 0.225. The molecule has 3 rings (SSSR count). The molecule has 0 bridgehead atoms. The Morgan fingerprint density at radius 3 is 3.11 bits per heavy atom. The van der Waals surface area contributed by atoms with E-state index in [1.165, 1.54) is 5.56 Å². The molecule has 0 spiro atoms. The summed E-state index contributed by atoms with van der Waals surface area (Å²) in [6, 6.07) is 8.19. The number of thiazole rings is 1. The van der Waals surface area contributed by atoms with Gasteiger partial charge in [-0.15, -0.1) is 11.3 Å². The molecule has 3 aromatic rings. The van der Waals surface area contributed by atoms with Crippen LogP contribution >= 0.6 is 22.9 Å². The van der Waals surface area contributed by atoms with Crippen LogP contribution in [0.3, 0.4) is 0 Å².